The number of cyclic esters (lactones) is 1. The fourth-order valence-corrected chi connectivity index (χ4v) is 5.31. The Bertz CT molecular complexity index is 1090. The highest BCUT2D eigenvalue weighted by Gasteiger charge is 2.46. The van der Waals surface area contributed by atoms with E-state index in [0.29, 0.717) is 32.7 Å². The number of nitrogens with zero attached hydrogens (tertiary/aromatic N) is 2. The van der Waals surface area contributed by atoms with Gasteiger partial charge in [-0.1, -0.05) is 45.4 Å². The molecular weight excluding hydrogens is 506 g/mol. The Morgan fingerprint density at radius 3 is 2.46 bits per heavy atom. The van der Waals surface area contributed by atoms with Gasteiger partial charge in [-0.2, -0.15) is 0 Å². The third-order valence-corrected chi connectivity index (χ3v) is 7.49. The maximum atomic E-state index is 13.6. The molecule has 3 unspecified atom stereocenters. The van der Waals surface area contributed by atoms with Gasteiger partial charge in [0.1, 0.15) is 18.2 Å². The van der Waals surface area contributed by atoms with Gasteiger partial charge in [-0.3, -0.25) is 9.69 Å². The first-order valence-electron chi connectivity index (χ1n) is 13.6. The quantitative estimate of drug-likeness (QED) is 0.548. The Labute approximate surface area is 228 Å². The molecule has 2 N–H and O–H groups in total. The molecule has 0 aromatic heterocycles. The number of carboxylic acids is 1. The molecule has 0 radical (unpaired) electrons. The molecule has 4 bridgehead atoms. The number of hydrogen-bond acceptors (Lipinski definition) is 7. The summed E-state index contributed by atoms with van der Waals surface area (Å²) in [6.07, 6.45) is 1.24. The van der Waals surface area contributed by atoms with Crippen LogP contribution >= 0.6 is 0 Å². The van der Waals surface area contributed by atoms with Crippen molar-refractivity contribution in [3.63, 3.8) is 0 Å². The number of hydrogen-bond donors (Lipinski definition) is 2. The number of aliphatic carboxylic acids is 1. The van der Waals surface area contributed by atoms with Gasteiger partial charge in [0.05, 0.1) is 26.3 Å². The van der Waals surface area contributed by atoms with Crippen LogP contribution in [0.25, 0.3) is 0 Å². The fourth-order valence-electron chi connectivity index (χ4n) is 5.31. The Morgan fingerprint density at radius 2 is 1.74 bits per heavy atom. The van der Waals surface area contributed by atoms with Gasteiger partial charge in [0.2, 0.25) is 5.91 Å². The molecule has 0 aliphatic carbocycles. The molecule has 3 atom stereocenters. The summed E-state index contributed by atoms with van der Waals surface area (Å²) in [5.41, 5.74) is 2.38. The van der Waals surface area contributed by atoms with Crippen molar-refractivity contribution in [2.75, 3.05) is 19.8 Å². The number of carbonyl (C=O) groups is 4. The molecule has 11 heteroatoms. The van der Waals surface area contributed by atoms with E-state index in [1.54, 1.807) is 25.7 Å². The van der Waals surface area contributed by atoms with Crippen molar-refractivity contribution in [3.05, 3.63) is 34.9 Å². The number of benzene rings is 1. The summed E-state index contributed by atoms with van der Waals surface area (Å²) >= 11 is 0. The summed E-state index contributed by atoms with van der Waals surface area (Å²) < 4.78 is 16.9. The van der Waals surface area contributed by atoms with Crippen LogP contribution in [0, 0.1) is 5.41 Å². The molecule has 1 fully saturated rings. The minimum Gasteiger partial charge on any atom is -0.480 e. The summed E-state index contributed by atoms with van der Waals surface area (Å²) in [5.74, 6) is -1.74. The van der Waals surface area contributed by atoms with Gasteiger partial charge in [0.15, 0.2) is 0 Å². The predicted molar refractivity (Wildman–Crippen MR) is 140 cm³/mol. The van der Waals surface area contributed by atoms with Gasteiger partial charge in [-0.25, -0.2) is 14.4 Å². The number of amides is 3. The van der Waals surface area contributed by atoms with Crippen LogP contribution in [0.4, 0.5) is 9.59 Å². The van der Waals surface area contributed by atoms with Crippen LogP contribution in [0.1, 0.15) is 69.6 Å². The van der Waals surface area contributed by atoms with Crippen LogP contribution in [-0.2, 0) is 43.5 Å². The van der Waals surface area contributed by atoms with Crippen molar-refractivity contribution in [1.82, 2.24) is 15.1 Å². The summed E-state index contributed by atoms with van der Waals surface area (Å²) in [7, 11) is 0. The molecule has 11 nitrogen and oxygen atoms in total. The van der Waals surface area contributed by atoms with E-state index in [2.05, 4.69) is 5.32 Å². The predicted octanol–water partition coefficient (Wildman–Crippen LogP) is 3.42. The second-order valence-electron chi connectivity index (χ2n) is 11.5. The number of alkyl carbamates (subject to hydrolysis) is 1. The second kappa shape index (κ2) is 12.2. The Hall–Kier alpha value is -3.34. The van der Waals surface area contributed by atoms with Gasteiger partial charge in [-0.15, -0.1) is 0 Å². The molecule has 3 amide bonds. The Morgan fingerprint density at radius 1 is 1.03 bits per heavy atom. The summed E-state index contributed by atoms with van der Waals surface area (Å²) in [4.78, 5) is 54.1. The first-order valence-corrected chi connectivity index (χ1v) is 13.6. The fraction of sp³-hybridized carbons (Fsp3) is 0.643. The first-order chi connectivity index (χ1) is 18.5. The molecule has 0 saturated carbocycles. The van der Waals surface area contributed by atoms with Crippen LogP contribution < -0.4 is 5.32 Å². The van der Waals surface area contributed by atoms with Crippen LogP contribution in [0.3, 0.4) is 0 Å². The van der Waals surface area contributed by atoms with Gasteiger partial charge in [0, 0.05) is 19.6 Å². The van der Waals surface area contributed by atoms with Crippen molar-refractivity contribution in [1.29, 1.82) is 0 Å². The molecule has 3 aliphatic rings. The number of rotatable bonds is 1. The Balaban J connectivity index is 1.54. The van der Waals surface area contributed by atoms with Crippen molar-refractivity contribution in [2.24, 2.45) is 5.41 Å². The van der Waals surface area contributed by atoms with Crippen LogP contribution in [-0.4, -0.2) is 76.9 Å². The lowest BCUT2D eigenvalue weighted by Gasteiger charge is -2.34. The zero-order chi connectivity index (χ0) is 28.2. The molecule has 1 saturated heterocycles. The van der Waals surface area contributed by atoms with E-state index in [0.717, 1.165) is 36.0 Å². The van der Waals surface area contributed by atoms with Gasteiger partial charge < -0.3 is 29.5 Å². The highest BCUT2D eigenvalue weighted by atomic mass is 16.6. The minimum absolute atomic E-state index is 0.0337. The SMILES string of the molecule is CC(C)(C)C1NC(=O)OCCCCCCOCc2cccc3c2CN(C3)C(=O)OC2CC(C(=O)O)N(C2)C1=O. The summed E-state index contributed by atoms with van der Waals surface area (Å²) in [6.45, 7) is 7.30. The average Bonchev–Trinajstić information content (AvgIpc) is 3.50. The van der Waals surface area contributed by atoms with E-state index in [-0.39, 0.29) is 19.6 Å². The zero-order valence-electron chi connectivity index (χ0n) is 22.9. The highest BCUT2D eigenvalue weighted by molar-refractivity contribution is 5.90. The summed E-state index contributed by atoms with van der Waals surface area (Å²) in [5, 5.41) is 12.5. The second-order valence-corrected chi connectivity index (χ2v) is 11.5. The average molecular weight is 546 g/mol. The summed E-state index contributed by atoms with van der Waals surface area (Å²) in [6, 6.07) is 3.72. The van der Waals surface area contributed by atoms with E-state index in [4.69, 9.17) is 14.2 Å². The van der Waals surface area contributed by atoms with E-state index in [1.165, 1.54) is 4.90 Å². The molecule has 0 spiro atoms. The molecule has 3 aliphatic heterocycles. The normalized spacial score (nSPS) is 25.7. The lowest BCUT2D eigenvalue weighted by molar-refractivity contribution is -0.150. The topological polar surface area (TPSA) is 135 Å². The number of carbonyl (C=O) groups excluding carboxylic acids is 3. The number of nitrogens with one attached hydrogen (secondary N) is 1. The smallest absolute Gasteiger partial charge is 0.410 e. The molecule has 3 heterocycles. The number of fused-ring (bicyclic) bond motifs is 3. The van der Waals surface area contributed by atoms with Gasteiger partial charge >= 0.3 is 18.2 Å². The van der Waals surface area contributed by atoms with E-state index in [1.807, 2.05) is 18.2 Å². The lowest BCUT2D eigenvalue weighted by Crippen LogP contribution is -2.57. The molecule has 1 aromatic rings. The molecule has 1 aromatic carbocycles. The maximum Gasteiger partial charge on any atom is 0.410 e. The third kappa shape index (κ3) is 7.00. The Kier molecular flexibility index (Phi) is 8.99. The number of ether oxygens (including phenoxy) is 3. The first kappa shape index (κ1) is 28.7. The van der Waals surface area contributed by atoms with Crippen molar-refractivity contribution < 1.29 is 38.5 Å². The third-order valence-electron chi connectivity index (χ3n) is 7.49. The molecule has 39 heavy (non-hydrogen) atoms. The maximum absolute atomic E-state index is 13.6. The van der Waals surface area contributed by atoms with E-state index < -0.39 is 47.7 Å². The van der Waals surface area contributed by atoms with Crippen molar-refractivity contribution in [3.8, 4) is 0 Å². The zero-order valence-corrected chi connectivity index (χ0v) is 22.9. The van der Waals surface area contributed by atoms with Crippen LogP contribution in [0.5, 0.6) is 0 Å². The van der Waals surface area contributed by atoms with Gasteiger partial charge in [-0.05, 0) is 41.4 Å². The molecular formula is C28H39N3O8. The monoisotopic (exact) mass is 545 g/mol. The van der Waals surface area contributed by atoms with Crippen LogP contribution in [0.15, 0.2) is 18.2 Å². The highest BCUT2D eigenvalue weighted by Crippen LogP contribution is 2.30. The van der Waals surface area contributed by atoms with Crippen molar-refractivity contribution in [2.45, 2.75) is 90.8 Å². The van der Waals surface area contributed by atoms with Crippen LogP contribution in [0.2, 0.25) is 0 Å². The molecule has 4 rings (SSSR count). The standard InChI is InChI=1S/C28H39N3O8/c1-28(2,3)23-24(32)31-15-20(13-22(31)25(33)34)39-27(36)30-14-18-9-8-10-19(21(18)16-30)17-37-11-6-4-5-7-12-38-26(35)29-23/h8-10,20,22-23H,4-7,11-17H2,1-3H3,(H,29,35)(H,33,34). The van der Waals surface area contributed by atoms with Crippen molar-refractivity contribution >= 4 is 24.1 Å². The minimum atomic E-state index is -1.19. The number of carboxylic acid groups (broad SMARTS) is 1. The lowest BCUT2D eigenvalue weighted by atomic mass is 9.85. The van der Waals surface area contributed by atoms with Gasteiger partial charge in [0.25, 0.3) is 0 Å². The molecule has 214 valence electrons. The van der Waals surface area contributed by atoms with E-state index in [9.17, 15) is 24.3 Å². The largest absolute Gasteiger partial charge is 0.480 e. The van der Waals surface area contributed by atoms with E-state index >= 15 is 0 Å².